The van der Waals surface area contributed by atoms with Gasteiger partial charge in [-0.15, -0.1) is 0 Å². The van der Waals surface area contributed by atoms with Crippen LogP contribution in [0.15, 0.2) is 0 Å². The number of rotatable bonds is 6. The van der Waals surface area contributed by atoms with Crippen LogP contribution in [-0.2, 0) is 4.74 Å². The molecule has 0 aromatic carbocycles. The van der Waals surface area contributed by atoms with E-state index in [2.05, 4.69) is 14.7 Å². The largest absolute Gasteiger partial charge is 0.394 e. The van der Waals surface area contributed by atoms with E-state index in [9.17, 15) is 0 Å². The van der Waals surface area contributed by atoms with Crippen molar-refractivity contribution in [2.75, 3.05) is 25.6 Å². The van der Waals surface area contributed by atoms with Gasteiger partial charge in [0.1, 0.15) is 5.82 Å². The fourth-order valence-electron chi connectivity index (χ4n) is 1.32. The van der Waals surface area contributed by atoms with E-state index in [1.54, 1.807) is 7.11 Å². The molecule has 0 amide bonds. The Bertz CT molecular complexity index is 314. The van der Waals surface area contributed by atoms with E-state index in [0.717, 1.165) is 11.0 Å². The lowest BCUT2D eigenvalue weighted by molar-refractivity contribution is 0.153. The van der Waals surface area contributed by atoms with Crippen molar-refractivity contribution in [3.63, 3.8) is 0 Å². The van der Waals surface area contributed by atoms with Gasteiger partial charge in [-0.3, -0.25) is 0 Å². The van der Waals surface area contributed by atoms with Crippen LogP contribution in [0, 0.1) is 0 Å². The van der Waals surface area contributed by atoms with E-state index in [1.807, 2.05) is 0 Å². The Balaban J connectivity index is 1.90. The third kappa shape index (κ3) is 2.87. The van der Waals surface area contributed by atoms with Gasteiger partial charge in [0, 0.05) is 24.6 Å². The van der Waals surface area contributed by atoms with Crippen LogP contribution in [0.5, 0.6) is 0 Å². The summed E-state index contributed by atoms with van der Waals surface area (Å²) in [4.78, 5) is 4.37. The van der Waals surface area contributed by atoms with Crippen molar-refractivity contribution in [2.24, 2.45) is 0 Å². The molecule has 0 aliphatic heterocycles. The van der Waals surface area contributed by atoms with Crippen LogP contribution in [0.2, 0.25) is 0 Å². The zero-order valence-electron chi connectivity index (χ0n) is 8.64. The minimum absolute atomic E-state index is 0.0339. The highest BCUT2D eigenvalue weighted by Gasteiger charge is 2.28. The Hall–Kier alpha value is -0.720. The van der Waals surface area contributed by atoms with Crippen LogP contribution >= 0.6 is 11.5 Å². The fraction of sp³-hybridized carbons (Fsp3) is 0.778. The molecule has 1 aromatic heterocycles. The van der Waals surface area contributed by atoms with E-state index in [1.165, 1.54) is 24.4 Å². The molecule has 84 valence electrons. The van der Waals surface area contributed by atoms with Gasteiger partial charge in [0.2, 0.25) is 5.13 Å². The Morgan fingerprint density at radius 3 is 3.07 bits per heavy atom. The molecule has 5 nitrogen and oxygen atoms in total. The Morgan fingerprint density at radius 2 is 2.47 bits per heavy atom. The summed E-state index contributed by atoms with van der Waals surface area (Å²) in [5.41, 5.74) is 0. The van der Waals surface area contributed by atoms with Gasteiger partial charge in [-0.25, -0.2) is 4.98 Å². The summed E-state index contributed by atoms with van der Waals surface area (Å²) in [5.74, 6) is 1.52. The molecule has 2 N–H and O–H groups in total. The number of nitrogens with one attached hydrogen (secondary N) is 1. The molecule has 1 aliphatic rings. The molecule has 15 heavy (non-hydrogen) atoms. The number of hydrogen-bond donors (Lipinski definition) is 2. The molecule has 1 heterocycles. The van der Waals surface area contributed by atoms with Crippen molar-refractivity contribution in [3.05, 3.63) is 5.82 Å². The molecule has 1 atom stereocenters. The fourth-order valence-corrected chi connectivity index (χ4v) is 2.04. The number of aliphatic hydroxyl groups excluding tert-OH is 1. The molecular weight excluding hydrogens is 214 g/mol. The zero-order valence-corrected chi connectivity index (χ0v) is 9.46. The lowest BCUT2D eigenvalue weighted by atomic mass is 10.3. The molecule has 1 aliphatic carbocycles. The number of methoxy groups -OCH3 is 1. The highest BCUT2D eigenvalue weighted by molar-refractivity contribution is 7.09. The van der Waals surface area contributed by atoms with E-state index in [0.29, 0.717) is 12.5 Å². The van der Waals surface area contributed by atoms with Gasteiger partial charge < -0.3 is 15.2 Å². The van der Waals surface area contributed by atoms with Crippen molar-refractivity contribution >= 4 is 16.7 Å². The maximum absolute atomic E-state index is 9.06. The molecule has 2 rings (SSSR count). The number of anilines is 1. The van der Waals surface area contributed by atoms with Crippen molar-refractivity contribution in [1.29, 1.82) is 0 Å². The standard InChI is InChI=1S/C9H15N3O2S/c1-14-5-7(4-13)10-9-11-8(12-15-9)6-2-3-6/h6-7,13H,2-5H2,1H3,(H,10,11,12). The molecule has 1 aromatic rings. The summed E-state index contributed by atoms with van der Waals surface area (Å²) in [6.45, 7) is 0.501. The second-order valence-electron chi connectivity index (χ2n) is 3.71. The van der Waals surface area contributed by atoms with Crippen molar-refractivity contribution in [2.45, 2.75) is 24.8 Å². The second-order valence-corrected chi connectivity index (χ2v) is 4.46. The van der Waals surface area contributed by atoms with Crippen LogP contribution in [-0.4, -0.2) is 40.8 Å². The van der Waals surface area contributed by atoms with Crippen LogP contribution < -0.4 is 5.32 Å². The van der Waals surface area contributed by atoms with Crippen molar-refractivity contribution < 1.29 is 9.84 Å². The average Bonchev–Trinajstić information content (AvgIpc) is 2.99. The van der Waals surface area contributed by atoms with Gasteiger partial charge in [0.05, 0.1) is 19.3 Å². The predicted molar refractivity (Wildman–Crippen MR) is 58.3 cm³/mol. The lowest BCUT2D eigenvalue weighted by Crippen LogP contribution is -2.28. The molecule has 1 fully saturated rings. The maximum Gasteiger partial charge on any atom is 0.202 e. The SMILES string of the molecule is COCC(CO)Nc1nc(C2CC2)ns1. The van der Waals surface area contributed by atoms with Gasteiger partial charge in [-0.1, -0.05) is 0 Å². The van der Waals surface area contributed by atoms with Crippen molar-refractivity contribution in [1.82, 2.24) is 9.36 Å². The van der Waals surface area contributed by atoms with E-state index in [-0.39, 0.29) is 12.6 Å². The Morgan fingerprint density at radius 1 is 1.67 bits per heavy atom. The summed E-state index contributed by atoms with van der Waals surface area (Å²) < 4.78 is 9.24. The third-order valence-electron chi connectivity index (χ3n) is 2.30. The molecule has 0 bridgehead atoms. The highest BCUT2D eigenvalue weighted by atomic mass is 32.1. The minimum atomic E-state index is -0.102. The first-order valence-corrected chi connectivity index (χ1v) is 5.80. The number of hydrogen-bond acceptors (Lipinski definition) is 6. The first kappa shape index (κ1) is 10.8. The van der Waals surface area contributed by atoms with E-state index >= 15 is 0 Å². The second kappa shape index (κ2) is 4.87. The van der Waals surface area contributed by atoms with Gasteiger partial charge in [-0.2, -0.15) is 4.37 Å². The van der Waals surface area contributed by atoms with Crippen molar-refractivity contribution in [3.8, 4) is 0 Å². The summed E-state index contributed by atoms with van der Waals surface area (Å²) in [5, 5.41) is 12.9. The number of aliphatic hydroxyl groups is 1. The molecule has 1 unspecified atom stereocenters. The maximum atomic E-state index is 9.06. The van der Waals surface area contributed by atoms with Gasteiger partial charge in [0.15, 0.2) is 0 Å². The topological polar surface area (TPSA) is 67.3 Å². The molecule has 0 spiro atoms. The average molecular weight is 229 g/mol. The van der Waals surface area contributed by atoms with Crippen LogP contribution in [0.4, 0.5) is 5.13 Å². The molecule has 0 saturated heterocycles. The van der Waals surface area contributed by atoms with Crippen LogP contribution in [0.25, 0.3) is 0 Å². The minimum Gasteiger partial charge on any atom is -0.394 e. The highest BCUT2D eigenvalue weighted by Crippen LogP contribution is 2.39. The molecular formula is C9H15N3O2S. The molecule has 6 heteroatoms. The first-order chi connectivity index (χ1) is 7.33. The Labute approximate surface area is 92.7 Å². The molecule has 1 saturated carbocycles. The van der Waals surface area contributed by atoms with Gasteiger partial charge in [-0.05, 0) is 12.8 Å². The lowest BCUT2D eigenvalue weighted by Gasteiger charge is -2.13. The first-order valence-electron chi connectivity index (χ1n) is 5.03. The van der Waals surface area contributed by atoms with Crippen LogP contribution in [0.1, 0.15) is 24.6 Å². The number of aromatic nitrogens is 2. The summed E-state index contributed by atoms with van der Waals surface area (Å²) in [6.07, 6.45) is 2.41. The summed E-state index contributed by atoms with van der Waals surface area (Å²) >= 11 is 1.35. The summed E-state index contributed by atoms with van der Waals surface area (Å²) in [7, 11) is 1.61. The molecule has 0 radical (unpaired) electrons. The van der Waals surface area contributed by atoms with Gasteiger partial charge in [0.25, 0.3) is 0 Å². The van der Waals surface area contributed by atoms with E-state index in [4.69, 9.17) is 9.84 Å². The number of ether oxygens (including phenoxy) is 1. The Kier molecular flexibility index (Phi) is 3.50. The monoisotopic (exact) mass is 229 g/mol. The third-order valence-corrected chi connectivity index (χ3v) is 2.96. The predicted octanol–water partition coefficient (Wildman–Crippen LogP) is 0.835. The normalized spacial score (nSPS) is 17.7. The van der Waals surface area contributed by atoms with E-state index < -0.39 is 0 Å². The quantitative estimate of drug-likeness (QED) is 0.756. The smallest absolute Gasteiger partial charge is 0.202 e. The zero-order chi connectivity index (χ0) is 10.7. The number of nitrogens with zero attached hydrogens (tertiary/aromatic N) is 2. The van der Waals surface area contributed by atoms with Crippen LogP contribution in [0.3, 0.4) is 0 Å². The van der Waals surface area contributed by atoms with Gasteiger partial charge >= 0.3 is 0 Å². The summed E-state index contributed by atoms with van der Waals surface area (Å²) in [6, 6.07) is -0.102.